The first-order valence-electron chi connectivity index (χ1n) is 9.00. The number of aryl methyl sites for hydroxylation is 2. The highest BCUT2D eigenvalue weighted by Crippen LogP contribution is 2.21. The lowest BCUT2D eigenvalue weighted by atomic mass is 9.98. The van der Waals surface area contributed by atoms with Crippen LogP contribution in [0.15, 0.2) is 10.9 Å². The maximum Gasteiger partial charge on any atom is 0.267 e. The van der Waals surface area contributed by atoms with E-state index in [0.717, 1.165) is 43.7 Å². The molecule has 2 rings (SSSR count). The van der Waals surface area contributed by atoms with Gasteiger partial charge in [0.2, 0.25) is 5.91 Å². The molecule has 1 saturated heterocycles. The number of hydrogen-bond donors (Lipinski definition) is 1. The zero-order valence-electron chi connectivity index (χ0n) is 15.7. The quantitative estimate of drug-likeness (QED) is 0.748. The van der Waals surface area contributed by atoms with Crippen LogP contribution in [-0.4, -0.2) is 60.0 Å². The summed E-state index contributed by atoms with van der Waals surface area (Å²) in [5, 5.41) is 7.32. The van der Waals surface area contributed by atoms with E-state index in [4.69, 9.17) is 4.74 Å². The van der Waals surface area contributed by atoms with E-state index in [0.29, 0.717) is 12.5 Å². The third-order valence-electron chi connectivity index (χ3n) is 4.86. The van der Waals surface area contributed by atoms with E-state index in [-0.39, 0.29) is 24.1 Å². The van der Waals surface area contributed by atoms with Crippen molar-refractivity contribution in [2.45, 2.75) is 46.2 Å². The number of carbonyl (C=O) groups excluding carboxylic acids is 1. The molecule has 1 aliphatic heterocycles. The fourth-order valence-electron chi connectivity index (χ4n) is 3.37. The standard InChI is InChI=1S/C18H30N4O3/c1-5-6-15-10-21(7-8-25-4)11-16(15)19-17(23)12-22-18(24)9-13(2)14(3)20-22/h9,15-16H,5-8,10-12H2,1-4H3,(H,19,23)/t15-,16-/m1/s1. The zero-order valence-corrected chi connectivity index (χ0v) is 15.7. The Balaban J connectivity index is 1.98. The smallest absolute Gasteiger partial charge is 0.267 e. The molecule has 1 aromatic rings. The van der Waals surface area contributed by atoms with E-state index in [1.807, 2.05) is 13.8 Å². The second-order valence-corrected chi connectivity index (χ2v) is 6.88. The first-order chi connectivity index (χ1) is 11.9. The highest BCUT2D eigenvalue weighted by molar-refractivity contribution is 5.76. The van der Waals surface area contributed by atoms with Gasteiger partial charge in [0.15, 0.2) is 0 Å². The summed E-state index contributed by atoms with van der Waals surface area (Å²) in [4.78, 5) is 26.8. The average molecular weight is 350 g/mol. The number of methoxy groups -OCH3 is 1. The van der Waals surface area contributed by atoms with Gasteiger partial charge in [-0.15, -0.1) is 0 Å². The van der Waals surface area contributed by atoms with Gasteiger partial charge in [-0.1, -0.05) is 13.3 Å². The van der Waals surface area contributed by atoms with Gasteiger partial charge in [-0.25, -0.2) is 4.68 Å². The van der Waals surface area contributed by atoms with Gasteiger partial charge in [0.25, 0.3) is 5.56 Å². The molecule has 1 amide bonds. The molecule has 1 aromatic heterocycles. The van der Waals surface area contributed by atoms with Crippen molar-refractivity contribution in [3.8, 4) is 0 Å². The molecule has 1 fully saturated rings. The molecule has 140 valence electrons. The van der Waals surface area contributed by atoms with Crippen LogP contribution in [0.5, 0.6) is 0 Å². The van der Waals surface area contributed by atoms with E-state index in [2.05, 4.69) is 22.2 Å². The Labute approximate surface area is 149 Å². The fraction of sp³-hybridized carbons (Fsp3) is 0.722. The van der Waals surface area contributed by atoms with Crippen molar-refractivity contribution < 1.29 is 9.53 Å². The monoisotopic (exact) mass is 350 g/mol. The van der Waals surface area contributed by atoms with Gasteiger partial charge in [0, 0.05) is 38.9 Å². The van der Waals surface area contributed by atoms with E-state index in [1.54, 1.807) is 7.11 Å². The zero-order chi connectivity index (χ0) is 18.4. The summed E-state index contributed by atoms with van der Waals surface area (Å²) in [6, 6.07) is 1.64. The molecular formula is C18H30N4O3. The molecule has 0 unspecified atom stereocenters. The largest absolute Gasteiger partial charge is 0.383 e. The predicted molar refractivity (Wildman–Crippen MR) is 96.6 cm³/mol. The minimum absolute atomic E-state index is 0.0344. The highest BCUT2D eigenvalue weighted by Gasteiger charge is 2.32. The maximum absolute atomic E-state index is 12.4. The van der Waals surface area contributed by atoms with Crippen molar-refractivity contribution in [3.05, 3.63) is 27.7 Å². The summed E-state index contributed by atoms with van der Waals surface area (Å²) in [6.07, 6.45) is 2.17. The van der Waals surface area contributed by atoms with Gasteiger partial charge in [0.1, 0.15) is 6.54 Å². The van der Waals surface area contributed by atoms with E-state index < -0.39 is 0 Å². The number of likely N-dealkylation sites (tertiary alicyclic amines) is 1. The fourth-order valence-corrected chi connectivity index (χ4v) is 3.37. The van der Waals surface area contributed by atoms with Crippen molar-refractivity contribution in [3.63, 3.8) is 0 Å². The maximum atomic E-state index is 12.4. The lowest BCUT2D eigenvalue weighted by Gasteiger charge is -2.19. The minimum atomic E-state index is -0.239. The van der Waals surface area contributed by atoms with Crippen LogP contribution in [0, 0.1) is 19.8 Å². The molecule has 0 saturated carbocycles. The first kappa shape index (κ1) is 19.6. The number of carbonyl (C=O) groups is 1. The number of nitrogens with zero attached hydrogens (tertiary/aromatic N) is 3. The SMILES string of the molecule is CCC[C@@H]1CN(CCOC)C[C@H]1NC(=O)Cn1nc(C)c(C)cc1=O. The van der Waals surface area contributed by atoms with Crippen molar-refractivity contribution in [1.82, 2.24) is 20.0 Å². The summed E-state index contributed by atoms with van der Waals surface area (Å²) in [5.74, 6) is 0.285. The lowest BCUT2D eigenvalue weighted by Crippen LogP contribution is -2.43. The summed E-state index contributed by atoms with van der Waals surface area (Å²) in [5.41, 5.74) is 1.37. The Hall–Kier alpha value is -1.73. The topological polar surface area (TPSA) is 76.5 Å². The minimum Gasteiger partial charge on any atom is -0.383 e. The van der Waals surface area contributed by atoms with Crippen LogP contribution >= 0.6 is 0 Å². The number of amides is 1. The summed E-state index contributed by atoms with van der Waals surface area (Å²) in [7, 11) is 1.70. The Morgan fingerprint density at radius 3 is 2.84 bits per heavy atom. The molecule has 25 heavy (non-hydrogen) atoms. The second-order valence-electron chi connectivity index (χ2n) is 6.88. The van der Waals surface area contributed by atoms with Crippen LogP contribution in [0.25, 0.3) is 0 Å². The van der Waals surface area contributed by atoms with Gasteiger partial charge in [-0.05, 0) is 31.7 Å². The van der Waals surface area contributed by atoms with E-state index >= 15 is 0 Å². The van der Waals surface area contributed by atoms with E-state index in [1.165, 1.54) is 10.7 Å². The Morgan fingerprint density at radius 2 is 2.16 bits per heavy atom. The highest BCUT2D eigenvalue weighted by atomic mass is 16.5. The van der Waals surface area contributed by atoms with Crippen LogP contribution in [0.4, 0.5) is 0 Å². The van der Waals surface area contributed by atoms with Gasteiger partial charge in [-0.3, -0.25) is 14.5 Å². The van der Waals surface area contributed by atoms with Crippen molar-refractivity contribution >= 4 is 5.91 Å². The molecule has 0 aliphatic carbocycles. The number of hydrogen-bond acceptors (Lipinski definition) is 5. The molecule has 0 aromatic carbocycles. The van der Waals surface area contributed by atoms with Crippen LogP contribution in [0.3, 0.4) is 0 Å². The molecule has 7 heteroatoms. The van der Waals surface area contributed by atoms with Crippen LogP contribution < -0.4 is 10.9 Å². The van der Waals surface area contributed by atoms with Crippen LogP contribution in [0.1, 0.15) is 31.0 Å². The van der Waals surface area contributed by atoms with Crippen molar-refractivity contribution in [2.75, 3.05) is 33.4 Å². The third-order valence-corrected chi connectivity index (χ3v) is 4.86. The molecule has 2 atom stereocenters. The third kappa shape index (κ3) is 5.37. The average Bonchev–Trinajstić information content (AvgIpc) is 2.92. The number of rotatable bonds is 8. The van der Waals surface area contributed by atoms with Crippen LogP contribution in [-0.2, 0) is 16.1 Å². The number of nitrogens with one attached hydrogen (secondary N) is 1. The molecule has 7 nitrogen and oxygen atoms in total. The molecule has 1 N–H and O–H groups in total. The van der Waals surface area contributed by atoms with Crippen molar-refractivity contribution in [2.24, 2.45) is 5.92 Å². The second kappa shape index (κ2) is 9.10. The Kier molecular flexibility index (Phi) is 7.13. The van der Waals surface area contributed by atoms with Gasteiger partial charge in [-0.2, -0.15) is 5.10 Å². The first-order valence-corrected chi connectivity index (χ1v) is 9.00. The normalized spacial score (nSPS) is 20.8. The van der Waals surface area contributed by atoms with Crippen molar-refractivity contribution in [1.29, 1.82) is 0 Å². The van der Waals surface area contributed by atoms with E-state index in [9.17, 15) is 9.59 Å². The summed E-state index contributed by atoms with van der Waals surface area (Å²) >= 11 is 0. The molecule has 0 radical (unpaired) electrons. The molecule has 1 aliphatic rings. The number of ether oxygens (including phenoxy) is 1. The number of aromatic nitrogens is 2. The molecule has 0 spiro atoms. The molecule has 2 heterocycles. The molecular weight excluding hydrogens is 320 g/mol. The van der Waals surface area contributed by atoms with Crippen LogP contribution in [0.2, 0.25) is 0 Å². The van der Waals surface area contributed by atoms with Gasteiger partial charge in [0.05, 0.1) is 12.3 Å². The summed E-state index contributed by atoms with van der Waals surface area (Å²) in [6.45, 7) is 9.19. The Bertz CT molecular complexity index is 644. The predicted octanol–water partition coefficient (Wildman–Crippen LogP) is 0.723. The summed E-state index contributed by atoms with van der Waals surface area (Å²) < 4.78 is 6.39. The lowest BCUT2D eigenvalue weighted by molar-refractivity contribution is -0.122. The Morgan fingerprint density at radius 1 is 1.40 bits per heavy atom. The van der Waals surface area contributed by atoms with Gasteiger partial charge < -0.3 is 10.1 Å². The molecule has 0 bridgehead atoms. The van der Waals surface area contributed by atoms with Gasteiger partial charge >= 0.3 is 0 Å².